The van der Waals surface area contributed by atoms with Gasteiger partial charge >= 0.3 is 6.36 Å². The van der Waals surface area contributed by atoms with Gasteiger partial charge in [-0.3, -0.25) is 14.9 Å². The van der Waals surface area contributed by atoms with Crippen LogP contribution in [0, 0.1) is 6.92 Å². The van der Waals surface area contributed by atoms with Gasteiger partial charge in [0.25, 0.3) is 5.56 Å². The molecule has 2 heterocycles. The average molecular weight is 389 g/mol. The molecule has 0 aliphatic rings. The highest BCUT2D eigenvalue weighted by Gasteiger charge is 2.31. The van der Waals surface area contributed by atoms with Gasteiger partial charge in [0, 0.05) is 17.1 Å². The second-order valence-electron chi connectivity index (χ2n) is 6.13. The van der Waals surface area contributed by atoms with Crippen LogP contribution in [0.2, 0.25) is 0 Å². The van der Waals surface area contributed by atoms with Crippen LogP contribution >= 0.6 is 0 Å². The zero-order valence-corrected chi connectivity index (χ0v) is 14.8. The molecule has 0 aliphatic heterocycles. The van der Waals surface area contributed by atoms with Gasteiger partial charge in [-0.15, -0.1) is 13.2 Å². The Balaban J connectivity index is 1.85. The van der Waals surface area contributed by atoms with E-state index >= 15 is 0 Å². The molecule has 0 amide bonds. The number of nitrogens with one attached hydrogen (secondary N) is 1. The minimum Gasteiger partial charge on any atom is -0.496 e. The third kappa shape index (κ3) is 2.94. The number of hydrogen-bond acceptors (Lipinski definition) is 4. The molecule has 0 saturated heterocycles. The standard InChI is InChI=1S/C19H14F3N3O3/c1-10-15(27-2)8-7-13-16(10)23-9-14-17(13)24-25(18(14)26)11-3-5-12(6-4-11)28-19(20,21)22/h3-9,24H,1-2H3. The first kappa shape index (κ1) is 17.9. The highest BCUT2D eigenvalue weighted by molar-refractivity contribution is 6.04. The van der Waals surface area contributed by atoms with Crippen LogP contribution in [0.5, 0.6) is 11.5 Å². The van der Waals surface area contributed by atoms with Gasteiger partial charge in [0.15, 0.2) is 0 Å². The molecule has 6 nitrogen and oxygen atoms in total. The molecule has 4 rings (SSSR count). The summed E-state index contributed by atoms with van der Waals surface area (Å²) in [7, 11) is 1.57. The molecule has 4 aromatic rings. The number of alkyl halides is 3. The third-order valence-electron chi connectivity index (χ3n) is 4.45. The van der Waals surface area contributed by atoms with Crippen LogP contribution in [0.3, 0.4) is 0 Å². The van der Waals surface area contributed by atoms with E-state index in [1.54, 1.807) is 19.2 Å². The molecular weight excluding hydrogens is 375 g/mol. The van der Waals surface area contributed by atoms with Crippen molar-refractivity contribution in [3.63, 3.8) is 0 Å². The average Bonchev–Trinajstić information content (AvgIpc) is 2.99. The van der Waals surface area contributed by atoms with Crippen molar-refractivity contribution < 1.29 is 22.6 Å². The van der Waals surface area contributed by atoms with Gasteiger partial charge in [0.05, 0.1) is 29.2 Å². The number of H-pyrrole nitrogens is 1. The topological polar surface area (TPSA) is 69.1 Å². The monoisotopic (exact) mass is 389 g/mol. The maximum absolute atomic E-state index is 12.8. The van der Waals surface area contributed by atoms with E-state index < -0.39 is 6.36 Å². The van der Waals surface area contributed by atoms with Gasteiger partial charge in [-0.05, 0) is 43.3 Å². The lowest BCUT2D eigenvalue weighted by atomic mass is 10.1. The summed E-state index contributed by atoms with van der Waals surface area (Å²) in [6.45, 7) is 1.87. The van der Waals surface area contributed by atoms with Crippen LogP contribution < -0.4 is 15.0 Å². The summed E-state index contributed by atoms with van der Waals surface area (Å²) in [5.41, 5.74) is 2.12. The number of rotatable bonds is 3. The summed E-state index contributed by atoms with van der Waals surface area (Å²) in [5, 5.41) is 4.12. The number of halogens is 3. The number of aryl methyl sites for hydroxylation is 1. The van der Waals surface area contributed by atoms with E-state index in [0.29, 0.717) is 27.9 Å². The number of ether oxygens (including phenoxy) is 2. The molecule has 144 valence electrons. The Kier molecular flexibility index (Phi) is 4.02. The largest absolute Gasteiger partial charge is 0.573 e. The number of fused-ring (bicyclic) bond motifs is 3. The van der Waals surface area contributed by atoms with Crippen molar-refractivity contribution in [3.05, 3.63) is 58.5 Å². The number of pyridine rings is 1. The van der Waals surface area contributed by atoms with E-state index in [4.69, 9.17) is 4.74 Å². The fraction of sp³-hybridized carbons (Fsp3) is 0.158. The Hall–Kier alpha value is -3.49. The van der Waals surface area contributed by atoms with Crippen molar-refractivity contribution in [2.45, 2.75) is 13.3 Å². The molecule has 0 fully saturated rings. The fourth-order valence-electron chi connectivity index (χ4n) is 3.15. The fourth-order valence-corrected chi connectivity index (χ4v) is 3.15. The van der Waals surface area contributed by atoms with E-state index in [9.17, 15) is 18.0 Å². The molecule has 0 radical (unpaired) electrons. The van der Waals surface area contributed by atoms with Crippen LogP contribution in [0.1, 0.15) is 5.56 Å². The zero-order chi connectivity index (χ0) is 20.1. The van der Waals surface area contributed by atoms with Gasteiger partial charge in [0.2, 0.25) is 0 Å². The normalized spacial score (nSPS) is 11.9. The molecule has 2 aromatic heterocycles. The molecule has 28 heavy (non-hydrogen) atoms. The summed E-state index contributed by atoms with van der Waals surface area (Å²) in [5.74, 6) is 0.316. The van der Waals surface area contributed by atoms with Crippen molar-refractivity contribution >= 4 is 21.8 Å². The van der Waals surface area contributed by atoms with Gasteiger partial charge in [-0.1, -0.05) is 0 Å². The van der Waals surface area contributed by atoms with Crippen LogP contribution in [0.4, 0.5) is 13.2 Å². The van der Waals surface area contributed by atoms with Crippen molar-refractivity contribution in [2.24, 2.45) is 0 Å². The summed E-state index contributed by atoms with van der Waals surface area (Å²) >= 11 is 0. The second kappa shape index (κ2) is 6.29. The molecule has 0 bridgehead atoms. The molecular formula is C19H14F3N3O3. The zero-order valence-electron chi connectivity index (χ0n) is 14.8. The minimum atomic E-state index is -4.77. The van der Waals surface area contributed by atoms with Gasteiger partial charge in [-0.2, -0.15) is 0 Å². The number of aromatic nitrogens is 3. The third-order valence-corrected chi connectivity index (χ3v) is 4.45. The van der Waals surface area contributed by atoms with E-state index in [0.717, 1.165) is 23.1 Å². The lowest BCUT2D eigenvalue weighted by molar-refractivity contribution is -0.274. The van der Waals surface area contributed by atoms with E-state index in [1.807, 2.05) is 6.92 Å². The first-order valence-electron chi connectivity index (χ1n) is 8.22. The van der Waals surface area contributed by atoms with Gasteiger partial charge in [-0.25, -0.2) is 4.68 Å². The van der Waals surface area contributed by atoms with E-state index in [-0.39, 0.29) is 11.3 Å². The van der Waals surface area contributed by atoms with Crippen LogP contribution in [-0.2, 0) is 0 Å². The molecule has 0 atom stereocenters. The number of aromatic amines is 1. The van der Waals surface area contributed by atoms with E-state index in [2.05, 4.69) is 14.8 Å². The Morgan fingerprint density at radius 1 is 1.07 bits per heavy atom. The number of benzene rings is 2. The van der Waals surface area contributed by atoms with Crippen LogP contribution in [0.25, 0.3) is 27.5 Å². The Morgan fingerprint density at radius 3 is 2.43 bits per heavy atom. The van der Waals surface area contributed by atoms with Crippen molar-refractivity contribution in [3.8, 4) is 17.2 Å². The second-order valence-corrected chi connectivity index (χ2v) is 6.13. The van der Waals surface area contributed by atoms with Crippen molar-refractivity contribution in [2.75, 3.05) is 7.11 Å². The Labute approximate surface area is 156 Å². The van der Waals surface area contributed by atoms with Crippen LogP contribution in [-0.4, -0.2) is 28.2 Å². The molecule has 9 heteroatoms. The van der Waals surface area contributed by atoms with Crippen LogP contribution in [0.15, 0.2) is 47.4 Å². The Bertz CT molecular complexity index is 1240. The highest BCUT2D eigenvalue weighted by atomic mass is 19.4. The van der Waals surface area contributed by atoms with Crippen molar-refractivity contribution in [1.82, 2.24) is 14.8 Å². The molecule has 1 N–H and O–H groups in total. The number of methoxy groups -OCH3 is 1. The van der Waals surface area contributed by atoms with Gasteiger partial charge in [0.1, 0.15) is 11.5 Å². The smallest absolute Gasteiger partial charge is 0.496 e. The highest BCUT2D eigenvalue weighted by Crippen LogP contribution is 2.29. The molecule has 0 unspecified atom stereocenters. The molecule has 0 spiro atoms. The SMILES string of the molecule is COc1ccc2c(ncc3c(=O)n(-c4ccc(OC(F)(F)F)cc4)[nH]c32)c1C. The molecule has 0 aliphatic carbocycles. The van der Waals surface area contributed by atoms with E-state index in [1.165, 1.54) is 23.0 Å². The number of nitrogens with zero attached hydrogens (tertiary/aromatic N) is 2. The summed E-state index contributed by atoms with van der Waals surface area (Å²) in [6.07, 6.45) is -3.30. The molecule has 2 aromatic carbocycles. The van der Waals surface area contributed by atoms with Crippen molar-refractivity contribution in [1.29, 1.82) is 0 Å². The summed E-state index contributed by atoms with van der Waals surface area (Å²) < 4.78 is 47.3. The predicted molar refractivity (Wildman–Crippen MR) is 97.2 cm³/mol. The maximum atomic E-state index is 12.8. The summed E-state index contributed by atoms with van der Waals surface area (Å²) in [6, 6.07) is 8.61. The molecule has 0 saturated carbocycles. The summed E-state index contributed by atoms with van der Waals surface area (Å²) in [4.78, 5) is 17.1. The maximum Gasteiger partial charge on any atom is 0.573 e. The number of hydrogen-bond donors (Lipinski definition) is 1. The lowest BCUT2D eigenvalue weighted by Crippen LogP contribution is -2.17. The minimum absolute atomic E-state index is 0.359. The van der Waals surface area contributed by atoms with Gasteiger partial charge < -0.3 is 9.47 Å². The lowest BCUT2D eigenvalue weighted by Gasteiger charge is -2.09. The first-order chi connectivity index (χ1) is 13.3. The quantitative estimate of drug-likeness (QED) is 0.573. The Morgan fingerprint density at radius 2 is 1.79 bits per heavy atom. The first-order valence-corrected chi connectivity index (χ1v) is 8.22. The predicted octanol–water partition coefficient (Wildman–Crippen LogP) is 4.08.